The van der Waals surface area contributed by atoms with E-state index in [1.807, 2.05) is 0 Å². The molecule has 3 nitrogen and oxygen atoms in total. The van der Waals surface area contributed by atoms with Crippen LogP contribution >= 0.6 is 27.3 Å². The summed E-state index contributed by atoms with van der Waals surface area (Å²) in [6, 6.07) is 2.35. The van der Waals surface area contributed by atoms with E-state index < -0.39 is 0 Å². The maximum atomic E-state index is 6.13. The van der Waals surface area contributed by atoms with Gasteiger partial charge in [-0.15, -0.1) is 11.3 Å². The smallest absolute Gasteiger partial charge is 0.0639 e. The molecule has 0 saturated carbocycles. The summed E-state index contributed by atoms with van der Waals surface area (Å²) in [6.45, 7) is 2.39. The minimum atomic E-state index is 0.0339. The predicted molar refractivity (Wildman–Crippen MR) is 61.6 cm³/mol. The van der Waals surface area contributed by atoms with E-state index in [0.717, 1.165) is 17.6 Å². The van der Waals surface area contributed by atoms with E-state index >= 15 is 0 Å². The van der Waals surface area contributed by atoms with E-state index in [4.69, 9.17) is 10.5 Å². The van der Waals surface area contributed by atoms with Gasteiger partial charge >= 0.3 is 0 Å². The summed E-state index contributed by atoms with van der Waals surface area (Å²) in [5.41, 5.74) is 6.13. The Morgan fingerprint density at radius 1 is 1.71 bits per heavy atom. The maximum Gasteiger partial charge on any atom is 0.0639 e. The van der Waals surface area contributed by atoms with Crippen LogP contribution in [0.3, 0.4) is 0 Å². The van der Waals surface area contributed by atoms with Crippen LogP contribution in [0.1, 0.15) is 10.9 Å². The van der Waals surface area contributed by atoms with Gasteiger partial charge in [0.15, 0.2) is 0 Å². The van der Waals surface area contributed by atoms with E-state index in [1.54, 1.807) is 11.3 Å². The van der Waals surface area contributed by atoms with Crippen molar-refractivity contribution in [3.8, 4) is 0 Å². The molecule has 78 valence electrons. The number of rotatable bonds is 2. The molecule has 0 amide bonds. The summed E-state index contributed by atoms with van der Waals surface area (Å²) < 4.78 is 6.48. The molecule has 1 aliphatic heterocycles. The van der Waals surface area contributed by atoms with Crippen LogP contribution in [0.25, 0.3) is 0 Å². The Balaban J connectivity index is 2.03. The Morgan fingerprint density at radius 3 is 3.14 bits per heavy atom. The fourth-order valence-electron chi connectivity index (χ4n) is 1.52. The van der Waals surface area contributed by atoms with Crippen LogP contribution in [0.5, 0.6) is 0 Å². The van der Waals surface area contributed by atoms with Crippen molar-refractivity contribution in [2.24, 2.45) is 5.73 Å². The highest BCUT2D eigenvalue weighted by Gasteiger charge is 2.22. The van der Waals surface area contributed by atoms with Crippen molar-refractivity contribution in [3.63, 3.8) is 0 Å². The lowest BCUT2D eigenvalue weighted by Gasteiger charge is -2.28. The number of hydrogen-bond acceptors (Lipinski definition) is 4. The van der Waals surface area contributed by atoms with Gasteiger partial charge in [0, 0.05) is 21.3 Å². The zero-order valence-corrected chi connectivity index (χ0v) is 10.1. The monoisotopic (exact) mass is 276 g/mol. The van der Waals surface area contributed by atoms with Gasteiger partial charge in [0.2, 0.25) is 0 Å². The molecule has 2 heterocycles. The molecule has 1 aliphatic rings. The van der Waals surface area contributed by atoms with Crippen molar-refractivity contribution >= 4 is 27.3 Å². The molecule has 0 spiro atoms. The molecule has 5 heteroatoms. The van der Waals surface area contributed by atoms with Gasteiger partial charge in [-0.3, -0.25) is 0 Å². The van der Waals surface area contributed by atoms with Crippen molar-refractivity contribution in [1.82, 2.24) is 5.32 Å². The first-order valence-corrected chi connectivity index (χ1v) is 6.25. The third-order valence-electron chi connectivity index (χ3n) is 2.30. The van der Waals surface area contributed by atoms with E-state index in [9.17, 15) is 0 Å². The van der Waals surface area contributed by atoms with Gasteiger partial charge in [-0.2, -0.15) is 0 Å². The first kappa shape index (κ1) is 10.6. The van der Waals surface area contributed by atoms with Gasteiger partial charge in [-0.25, -0.2) is 0 Å². The van der Waals surface area contributed by atoms with Crippen LogP contribution in [0.2, 0.25) is 0 Å². The fourth-order valence-corrected chi connectivity index (χ4v) is 3.03. The molecule has 0 aromatic carbocycles. The van der Waals surface area contributed by atoms with Crippen LogP contribution in [-0.4, -0.2) is 25.8 Å². The van der Waals surface area contributed by atoms with Gasteiger partial charge in [0.05, 0.1) is 25.3 Å². The first-order chi connectivity index (χ1) is 6.77. The fraction of sp³-hybridized carbons (Fsp3) is 0.556. The predicted octanol–water partition coefficient (Wildman–Crippen LogP) is 1.50. The second-order valence-electron chi connectivity index (χ2n) is 3.33. The van der Waals surface area contributed by atoms with Crippen molar-refractivity contribution < 1.29 is 4.74 Å². The topological polar surface area (TPSA) is 47.3 Å². The van der Waals surface area contributed by atoms with Gasteiger partial charge in [0.25, 0.3) is 0 Å². The molecular weight excluding hydrogens is 264 g/mol. The largest absolute Gasteiger partial charge is 0.378 e. The summed E-state index contributed by atoms with van der Waals surface area (Å²) >= 11 is 5.11. The number of morpholine rings is 1. The lowest BCUT2D eigenvalue weighted by molar-refractivity contribution is 0.0688. The number of nitrogens with one attached hydrogen (secondary N) is 1. The Labute approximate surface area is 95.8 Å². The average molecular weight is 277 g/mol. The van der Waals surface area contributed by atoms with Crippen molar-refractivity contribution in [1.29, 1.82) is 0 Å². The minimum absolute atomic E-state index is 0.0339. The Bertz CT molecular complexity index is 299. The SMILES string of the molecule is NC(c1cc(Br)cs1)C1COCCN1. The van der Waals surface area contributed by atoms with Gasteiger partial charge in [0.1, 0.15) is 0 Å². The van der Waals surface area contributed by atoms with Crippen molar-refractivity contribution in [2.45, 2.75) is 12.1 Å². The van der Waals surface area contributed by atoms with Crippen molar-refractivity contribution in [2.75, 3.05) is 19.8 Å². The van der Waals surface area contributed by atoms with Crippen molar-refractivity contribution in [3.05, 3.63) is 20.8 Å². The molecule has 3 N–H and O–H groups in total. The lowest BCUT2D eigenvalue weighted by atomic mass is 10.1. The molecule has 2 atom stereocenters. The summed E-state index contributed by atoms with van der Waals surface area (Å²) in [5.74, 6) is 0. The Kier molecular flexibility index (Phi) is 3.57. The van der Waals surface area contributed by atoms with Crippen LogP contribution in [0.15, 0.2) is 15.9 Å². The molecule has 14 heavy (non-hydrogen) atoms. The third kappa shape index (κ3) is 2.35. The molecule has 1 saturated heterocycles. The highest BCUT2D eigenvalue weighted by atomic mass is 79.9. The van der Waals surface area contributed by atoms with Gasteiger partial charge < -0.3 is 15.8 Å². The van der Waals surface area contributed by atoms with E-state index in [1.165, 1.54) is 4.88 Å². The minimum Gasteiger partial charge on any atom is -0.378 e. The Morgan fingerprint density at radius 2 is 2.57 bits per heavy atom. The molecule has 1 aromatic rings. The lowest BCUT2D eigenvalue weighted by Crippen LogP contribution is -2.47. The normalized spacial score (nSPS) is 24.9. The second-order valence-corrected chi connectivity index (χ2v) is 5.19. The Hall–Kier alpha value is 0.0600. The van der Waals surface area contributed by atoms with Crippen LogP contribution < -0.4 is 11.1 Å². The number of hydrogen-bond donors (Lipinski definition) is 2. The quantitative estimate of drug-likeness (QED) is 0.861. The van der Waals surface area contributed by atoms with Crippen LogP contribution in [0, 0.1) is 0 Å². The highest BCUT2D eigenvalue weighted by Crippen LogP contribution is 2.26. The number of nitrogens with two attached hydrogens (primary N) is 1. The first-order valence-electron chi connectivity index (χ1n) is 4.58. The number of ether oxygens (including phenoxy) is 1. The van der Waals surface area contributed by atoms with Gasteiger partial charge in [-0.05, 0) is 22.0 Å². The molecule has 0 radical (unpaired) electrons. The zero-order valence-electron chi connectivity index (χ0n) is 7.70. The summed E-state index contributed by atoms with van der Waals surface area (Å²) in [5, 5.41) is 5.42. The molecule has 1 aromatic heterocycles. The van der Waals surface area contributed by atoms with E-state index in [2.05, 4.69) is 32.7 Å². The average Bonchev–Trinajstić information content (AvgIpc) is 2.65. The molecule has 0 aliphatic carbocycles. The van der Waals surface area contributed by atoms with E-state index in [-0.39, 0.29) is 12.1 Å². The summed E-state index contributed by atoms with van der Waals surface area (Å²) in [7, 11) is 0. The zero-order chi connectivity index (χ0) is 9.97. The molecular formula is C9H13BrN2OS. The third-order valence-corrected chi connectivity index (χ3v) is 4.09. The number of halogens is 1. The number of thiophene rings is 1. The standard InChI is InChI=1S/C9H13BrN2OS/c10-6-3-8(14-5-6)9(11)7-4-13-2-1-12-7/h3,5,7,9,12H,1-2,4,11H2. The summed E-state index contributed by atoms with van der Waals surface area (Å²) in [4.78, 5) is 1.19. The molecule has 2 unspecified atom stereocenters. The van der Waals surface area contributed by atoms with Crippen LogP contribution in [0.4, 0.5) is 0 Å². The summed E-state index contributed by atoms with van der Waals surface area (Å²) in [6.07, 6.45) is 0. The highest BCUT2D eigenvalue weighted by molar-refractivity contribution is 9.10. The maximum absolute atomic E-state index is 6.13. The van der Waals surface area contributed by atoms with Crippen LogP contribution in [-0.2, 0) is 4.74 Å². The second kappa shape index (κ2) is 4.72. The molecule has 1 fully saturated rings. The van der Waals surface area contributed by atoms with Gasteiger partial charge in [-0.1, -0.05) is 0 Å². The molecule has 0 bridgehead atoms. The molecule has 2 rings (SSSR count). The van der Waals surface area contributed by atoms with E-state index in [0.29, 0.717) is 6.61 Å².